The van der Waals surface area contributed by atoms with Gasteiger partial charge in [0.05, 0.1) is 0 Å². The molecule has 1 saturated carbocycles. The van der Waals surface area contributed by atoms with Gasteiger partial charge in [0.25, 0.3) is 0 Å². The van der Waals surface area contributed by atoms with Crippen LogP contribution in [0.1, 0.15) is 39.5 Å². The van der Waals surface area contributed by atoms with Crippen LogP contribution < -0.4 is 5.73 Å². The van der Waals surface area contributed by atoms with Crippen molar-refractivity contribution in [3.63, 3.8) is 0 Å². The molecule has 1 aliphatic carbocycles. The molecule has 1 saturated heterocycles. The molecular weight excluding hydrogens is 216 g/mol. The third-order valence-electron chi connectivity index (χ3n) is 4.40. The molecule has 2 N–H and O–H groups in total. The summed E-state index contributed by atoms with van der Waals surface area (Å²) in [5, 5.41) is 0.779. The summed E-state index contributed by atoms with van der Waals surface area (Å²) >= 11 is 2.10. The molecule has 2 fully saturated rings. The van der Waals surface area contributed by atoms with E-state index in [-0.39, 0.29) is 5.54 Å². The highest BCUT2D eigenvalue weighted by Crippen LogP contribution is 2.37. The molecule has 1 aliphatic heterocycles. The van der Waals surface area contributed by atoms with Gasteiger partial charge in [0.15, 0.2) is 0 Å². The van der Waals surface area contributed by atoms with Crippen LogP contribution in [-0.2, 0) is 0 Å². The summed E-state index contributed by atoms with van der Waals surface area (Å²) in [4.78, 5) is 2.66. The Labute approximate surface area is 104 Å². The Bertz CT molecular complexity index is 230. The number of hydrogen-bond donors (Lipinski definition) is 1. The first-order chi connectivity index (χ1) is 7.64. The van der Waals surface area contributed by atoms with Gasteiger partial charge < -0.3 is 5.73 Å². The number of thioether (sulfide) groups is 1. The van der Waals surface area contributed by atoms with Gasteiger partial charge in [0.2, 0.25) is 0 Å². The van der Waals surface area contributed by atoms with Gasteiger partial charge in [-0.3, -0.25) is 4.90 Å². The molecule has 2 rings (SSSR count). The zero-order chi connectivity index (χ0) is 11.6. The average Bonchev–Trinajstić information content (AvgIpc) is 2.23. The van der Waals surface area contributed by atoms with Crippen molar-refractivity contribution in [2.45, 2.75) is 50.3 Å². The fourth-order valence-corrected chi connectivity index (χ4v) is 3.98. The van der Waals surface area contributed by atoms with Crippen LogP contribution in [0.25, 0.3) is 0 Å². The van der Waals surface area contributed by atoms with E-state index in [0.717, 1.165) is 17.7 Å². The summed E-state index contributed by atoms with van der Waals surface area (Å²) in [5.41, 5.74) is 6.33. The molecule has 1 heterocycles. The normalized spacial score (nSPS) is 32.1. The molecule has 2 nitrogen and oxygen atoms in total. The lowest BCUT2D eigenvalue weighted by Crippen LogP contribution is -2.57. The smallest absolute Gasteiger partial charge is 0.0307 e. The van der Waals surface area contributed by atoms with Gasteiger partial charge in [-0.05, 0) is 19.3 Å². The molecule has 3 heteroatoms. The highest BCUT2D eigenvalue weighted by atomic mass is 32.2. The molecule has 0 aromatic heterocycles. The van der Waals surface area contributed by atoms with E-state index in [1.54, 1.807) is 0 Å². The largest absolute Gasteiger partial charge is 0.329 e. The Morgan fingerprint density at radius 1 is 1.44 bits per heavy atom. The molecule has 0 radical (unpaired) electrons. The standard InChI is InChI=1S/C13H26N2S/c1-11-9-15(6-7-16-11)13(2,10-14)8-12-4-3-5-12/h11-12H,3-10,14H2,1-2H3. The van der Waals surface area contributed by atoms with Crippen LogP contribution in [0.4, 0.5) is 0 Å². The lowest BCUT2D eigenvalue weighted by Gasteiger charge is -2.47. The van der Waals surface area contributed by atoms with Crippen LogP contribution in [0.5, 0.6) is 0 Å². The monoisotopic (exact) mass is 242 g/mol. The second-order valence-electron chi connectivity index (χ2n) is 5.83. The molecule has 2 atom stereocenters. The average molecular weight is 242 g/mol. The van der Waals surface area contributed by atoms with Crippen LogP contribution in [0, 0.1) is 5.92 Å². The Morgan fingerprint density at radius 3 is 2.69 bits per heavy atom. The Morgan fingerprint density at radius 2 is 2.19 bits per heavy atom. The third-order valence-corrected chi connectivity index (χ3v) is 5.53. The predicted molar refractivity (Wildman–Crippen MR) is 72.9 cm³/mol. The minimum Gasteiger partial charge on any atom is -0.329 e. The first-order valence-corrected chi connectivity index (χ1v) is 7.75. The quantitative estimate of drug-likeness (QED) is 0.820. The van der Waals surface area contributed by atoms with E-state index in [1.807, 2.05) is 0 Å². The van der Waals surface area contributed by atoms with E-state index in [9.17, 15) is 0 Å². The van der Waals surface area contributed by atoms with Crippen LogP contribution in [-0.4, -0.2) is 41.1 Å². The zero-order valence-electron chi connectivity index (χ0n) is 10.7. The number of nitrogens with two attached hydrogens (primary N) is 1. The van der Waals surface area contributed by atoms with E-state index in [1.165, 1.54) is 44.5 Å². The fourth-order valence-electron chi connectivity index (χ4n) is 2.97. The van der Waals surface area contributed by atoms with Crippen molar-refractivity contribution in [3.05, 3.63) is 0 Å². The van der Waals surface area contributed by atoms with Crippen LogP contribution in [0.15, 0.2) is 0 Å². The number of nitrogens with zero attached hydrogens (tertiary/aromatic N) is 1. The molecule has 0 bridgehead atoms. The van der Waals surface area contributed by atoms with Crippen molar-refractivity contribution in [3.8, 4) is 0 Å². The summed E-state index contributed by atoms with van der Waals surface area (Å²) in [6.45, 7) is 8.01. The Balaban J connectivity index is 1.94. The molecule has 0 spiro atoms. The maximum absolute atomic E-state index is 6.06. The maximum Gasteiger partial charge on any atom is 0.0307 e. The molecule has 16 heavy (non-hydrogen) atoms. The number of rotatable bonds is 4. The first kappa shape index (κ1) is 12.7. The van der Waals surface area contributed by atoms with Crippen molar-refractivity contribution < 1.29 is 0 Å². The van der Waals surface area contributed by atoms with E-state index in [4.69, 9.17) is 5.73 Å². The third kappa shape index (κ3) is 2.74. The van der Waals surface area contributed by atoms with Crippen molar-refractivity contribution in [1.29, 1.82) is 0 Å². The summed E-state index contributed by atoms with van der Waals surface area (Å²) < 4.78 is 0. The molecule has 2 unspecified atom stereocenters. The maximum atomic E-state index is 6.06. The molecular formula is C13H26N2S. The van der Waals surface area contributed by atoms with E-state index < -0.39 is 0 Å². The van der Waals surface area contributed by atoms with Crippen molar-refractivity contribution in [1.82, 2.24) is 4.90 Å². The Kier molecular flexibility index (Phi) is 4.20. The van der Waals surface area contributed by atoms with Gasteiger partial charge in [0, 0.05) is 36.2 Å². The summed E-state index contributed by atoms with van der Waals surface area (Å²) in [5.74, 6) is 2.24. The van der Waals surface area contributed by atoms with Gasteiger partial charge in [-0.15, -0.1) is 0 Å². The SMILES string of the molecule is CC1CN(C(C)(CN)CC2CCC2)CCS1. The van der Waals surface area contributed by atoms with Gasteiger partial charge in [-0.25, -0.2) is 0 Å². The lowest BCUT2D eigenvalue weighted by atomic mass is 9.76. The second kappa shape index (κ2) is 5.28. The summed E-state index contributed by atoms with van der Waals surface area (Å²) in [6, 6.07) is 0. The fraction of sp³-hybridized carbons (Fsp3) is 1.00. The highest BCUT2D eigenvalue weighted by molar-refractivity contribution is 7.99. The van der Waals surface area contributed by atoms with E-state index >= 15 is 0 Å². The van der Waals surface area contributed by atoms with Crippen molar-refractivity contribution >= 4 is 11.8 Å². The van der Waals surface area contributed by atoms with Gasteiger partial charge in [-0.2, -0.15) is 11.8 Å². The van der Waals surface area contributed by atoms with Crippen LogP contribution in [0.2, 0.25) is 0 Å². The Hall–Kier alpha value is 0.270. The van der Waals surface area contributed by atoms with Crippen LogP contribution >= 0.6 is 11.8 Å². The van der Waals surface area contributed by atoms with Gasteiger partial charge in [-0.1, -0.05) is 26.2 Å². The first-order valence-electron chi connectivity index (χ1n) is 6.71. The lowest BCUT2D eigenvalue weighted by molar-refractivity contribution is 0.0719. The van der Waals surface area contributed by atoms with Gasteiger partial charge >= 0.3 is 0 Å². The molecule has 94 valence electrons. The van der Waals surface area contributed by atoms with E-state index in [0.29, 0.717) is 0 Å². The minimum absolute atomic E-state index is 0.264. The summed E-state index contributed by atoms with van der Waals surface area (Å²) in [6.07, 6.45) is 5.64. The van der Waals surface area contributed by atoms with Crippen molar-refractivity contribution in [2.24, 2.45) is 11.7 Å². The second-order valence-corrected chi connectivity index (χ2v) is 7.38. The topological polar surface area (TPSA) is 29.3 Å². The summed E-state index contributed by atoms with van der Waals surface area (Å²) in [7, 11) is 0. The zero-order valence-corrected chi connectivity index (χ0v) is 11.6. The molecule has 0 amide bonds. The number of hydrogen-bond acceptors (Lipinski definition) is 3. The molecule has 0 aromatic rings. The molecule has 0 aromatic carbocycles. The van der Waals surface area contributed by atoms with E-state index in [2.05, 4.69) is 30.5 Å². The van der Waals surface area contributed by atoms with Gasteiger partial charge in [0.1, 0.15) is 0 Å². The molecule has 2 aliphatic rings. The minimum atomic E-state index is 0.264. The van der Waals surface area contributed by atoms with Crippen molar-refractivity contribution in [2.75, 3.05) is 25.4 Å². The predicted octanol–water partition coefficient (Wildman–Crippen LogP) is 2.33. The van der Waals surface area contributed by atoms with Crippen LogP contribution in [0.3, 0.4) is 0 Å². The highest BCUT2D eigenvalue weighted by Gasteiger charge is 2.36.